The summed E-state index contributed by atoms with van der Waals surface area (Å²) in [5.41, 5.74) is 4.39. The van der Waals surface area contributed by atoms with Crippen molar-refractivity contribution < 1.29 is 14.1 Å². The van der Waals surface area contributed by atoms with Gasteiger partial charge in [-0.1, -0.05) is 29.8 Å². The first-order valence-electron chi connectivity index (χ1n) is 10.8. The number of carbonyl (C=O) groups is 1. The SMILES string of the molecule is Cc1ccc(-n2nc3ccc(NC(=S)NC(=O)c4ccc(-c5cccc([N+](=O)[O-])c5)o4)cc3n2)cc1. The summed E-state index contributed by atoms with van der Waals surface area (Å²) in [4.78, 5) is 24.7. The Morgan fingerprint density at radius 3 is 2.56 bits per heavy atom. The summed E-state index contributed by atoms with van der Waals surface area (Å²) in [6.45, 7) is 2.01. The van der Waals surface area contributed by atoms with Gasteiger partial charge >= 0.3 is 0 Å². The minimum atomic E-state index is -0.560. The van der Waals surface area contributed by atoms with E-state index in [2.05, 4.69) is 20.8 Å². The first kappa shape index (κ1) is 22.9. The van der Waals surface area contributed by atoms with Crippen LogP contribution in [0.15, 0.2) is 83.3 Å². The number of hydrogen-bond donors (Lipinski definition) is 2. The van der Waals surface area contributed by atoms with Crippen molar-refractivity contribution in [3.8, 4) is 17.0 Å². The topological polar surface area (TPSA) is 128 Å². The third-order valence-electron chi connectivity index (χ3n) is 5.30. The van der Waals surface area contributed by atoms with Crippen molar-refractivity contribution in [2.24, 2.45) is 0 Å². The van der Waals surface area contributed by atoms with Crippen LogP contribution in [-0.4, -0.2) is 30.9 Å². The number of aryl methyl sites for hydroxylation is 1. The summed E-state index contributed by atoms with van der Waals surface area (Å²) in [7, 11) is 0. The quantitative estimate of drug-likeness (QED) is 0.196. The van der Waals surface area contributed by atoms with Crippen LogP contribution < -0.4 is 10.6 Å². The highest BCUT2D eigenvalue weighted by molar-refractivity contribution is 7.80. The van der Waals surface area contributed by atoms with Gasteiger partial charge in [0, 0.05) is 23.4 Å². The number of rotatable bonds is 5. The van der Waals surface area contributed by atoms with Gasteiger partial charge < -0.3 is 9.73 Å². The fourth-order valence-corrected chi connectivity index (χ4v) is 3.71. The van der Waals surface area contributed by atoms with E-state index in [1.165, 1.54) is 18.2 Å². The Labute approximate surface area is 209 Å². The normalized spacial score (nSPS) is 10.8. The van der Waals surface area contributed by atoms with E-state index in [0.717, 1.165) is 11.3 Å². The third kappa shape index (κ3) is 4.81. The molecule has 11 heteroatoms. The lowest BCUT2D eigenvalue weighted by molar-refractivity contribution is -0.384. The van der Waals surface area contributed by atoms with Crippen LogP contribution in [0.5, 0.6) is 0 Å². The van der Waals surface area contributed by atoms with E-state index in [0.29, 0.717) is 28.0 Å². The van der Waals surface area contributed by atoms with Gasteiger partial charge in [-0.2, -0.15) is 4.80 Å². The van der Waals surface area contributed by atoms with E-state index in [-0.39, 0.29) is 16.6 Å². The molecule has 0 fully saturated rings. The fourth-order valence-electron chi connectivity index (χ4n) is 3.50. The predicted octanol–water partition coefficient (Wildman–Crippen LogP) is 5.02. The average Bonchev–Trinajstić information content (AvgIpc) is 3.52. The number of carbonyl (C=O) groups excluding carboxylic acids is 1. The second-order valence-corrected chi connectivity index (χ2v) is 8.32. The Kier molecular flexibility index (Phi) is 5.97. The number of thiocarbonyl (C=S) groups is 1. The molecule has 0 aliphatic heterocycles. The maximum atomic E-state index is 12.6. The van der Waals surface area contributed by atoms with Crippen LogP contribution in [-0.2, 0) is 0 Å². The molecule has 0 saturated carbocycles. The number of nitrogens with one attached hydrogen (secondary N) is 2. The van der Waals surface area contributed by atoms with Crippen LogP contribution in [0.1, 0.15) is 16.1 Å². The average molecular weight is 499 g/mol. The monoisotopic (exact) mass is 498 g/mol. The molecule has 3 aromatic carbocycles. The van der Waals surface area contributed by atoms with Crippen LogP contribution in [0.4, 0.5) is 11.4 Å². The Bertz CT molecular complexity index is 1620. The smallest absolute Gasteiger partial charge is 0.293 e. The maximum Gasteiger partial charge on any atom is 0.293 e. The standard InChI is InChI=1S/C25H18N6O4S/c1-15-5-8-18(9-6-15)30-28-20-10-7-17(14-21(20)29-30)26-25(36)27-24(32)23-12-11-22(35-23)16-3-2-4-19(13-16)31(33)34/h2-14H,1H3,(H2,26,27,32,36). The zero-order chi connectivity index (χ0) is 25.2. The second kappa shape index (κ2) is 9.39. The van der Waals surface area contributed by atoms with Gasteiger partial charge in [0.25, 0.3) is 11.6 Å². The molecule has 0 bridgehead atoms. The molecule has 5 rings (SSSR count). The zero-order valence-corrected chi connectivity index (χ0v) is 19.7. The number of anilines is 1. The summed E-state index contributed by atoms with van der Waals surface area (Å²) >= 11 is 5.27. The van der Waals surface area contributed by atoms with Crippen LogP contribution in [0.25, 0.3) is 28.0 Å². The van der Waals surface area contributed by atoms with Gasteiger partial charge in [-0.25, -0.2) is 0 Å². The minimum absolute atomic E-state index is 0.0112. The molecule has 10 nitrogen and oxygen atoms in total. The van der Waals surface area contributed by atoms with Crippen molar-refractivity contribution in [2.45, 2.75) is 6.92 Å². The van der Waals surface area contributed by atoms with Gasteiger partial charge in [0.2, 0.25) is 0 Å². The van der Waals surface area contributed by atoms with Crippen molar-refractivity contribution in [2.75, 3.05) is 5.32 Å². The van der Waals surface area contributed by atoms with E-state index < -0.39 is 10.8 Å². The van der Waals surface area contributed by atoms with E-state index >= 15 is 0 Å². The van der Waals surface area contributed by atoms with Gasteiger partial charge in [0.1, 0.15) is 16.8 Å². The molecule has 0 atom stereocenters. The molecule has 2 aromatic heterocycles. The van der Waals surface area contributed by atoms with Crippen molar-refractivity contribution in [1.29, 1.82) is 0 Å². The summed E-state index contributed by atoms with van der Waals surface area (Å²) < 4.78 is 5.58. The maximum absolute atomic E-state index is 12.6. The highest BCUT2D eigenvalue weighted by atomic mass is 32.1. The molecule has 0 aliphatic carbocycles. The lowest BCUT2D eigenvalue weighted by atomic mass is 10.1. The number of fused-ring (bicyclic) bond motifs is 1. The highest BCUT2D eigenvalue weighted by Gasteiger charge is 2.16. The first-order valence-corrected chi connectivity index (χ1v) is 11.2. The molecule has 0 aliphatic rings. The van der Waals surface area contributed by atoms with E-state index in [1.807, 2.05) is 31.2 Å². The Morgan fingerprint density at radius 1 is 1.00 bits per heavy atom. The summed E-state index contributed by atoms with van der Waals surface area (Å²) in [6, 6.07) is 22.2. The zero-order valence-electron chi connectivity index (χ0n) is 18.8. The van der Waals surface area contributed by atoms with Crippen molar-refractivity contribution in [3.05, 3.63) is 100 Å². The van der Waals surface area contributed by atoms with Crippen molar-refractivity contribution in [3.63, 3.8) is 0 Å². The molecular weight excluding hydrogens is 480 g/mol. The summed E-state index contributed by atoms with van der Waals surface area (Å²) in [6.07, 6.45) is 0. The first-order chi connectivity index (χ1) is 17.4. The lowest BCUT2D eigenvalue weighted by Crippen LogP contribution is -2.33. The Morgan fingerprint density at radius 2 is 1.78 bits per heavy atom. The fraction of sp³-hybridized carbons (Fsp3) is 0.0400. The van der Waals surface area contributed by atoms with Crippen LogP contribution >= 0.6 is 12.2 Å². The molecule has 2 N–H and O–H groups in total. The Balaban J connectivity index is 1.26. The lowest BCUT2D eigenvalue weighted by Gasteiger charge is -2.08. The molecule has 5 aromatic rings. The minimum Gasteiger partial charge on any atom is -0.451 e. The van der Waals surface area contributed by atoms with Crippen molar-refractivity contribution in [1.82, 2.24) is 20.3 Å². The second-order valence-electron chi connectivity index (χ2n) is 7.91. The largest absolute Gasteiger partial charge is 0.451 e. The molecule has 0 unspecified atom stereocenters. The summed E-state index contributed by atoms with van der Waals surface area (Å²) in [5.74, 6) is -0.224. The summed E-state index contributed by atoms with van der Waals surface area (Å²) in [5, 5.41) is 25.6. The third-order valence-corrected chi connectivity index (χ3v) is 5.51. The molecule has 0 saturated heterocycles. The number of nitrogens with zero attached hydrogens (tertiary/aromatic N) is 4. The number of hydrogen-bond acceptors (Lipinski definition) is 7. The molecule has 2 heterocycles. The van der Waals surface area contributed by atoms with E-state index in [9.17, 15) is 14.9 Å². The molecular formula is C25H18N6O4S. The van der Waals surface area contributed by atoms with Crippen LogP contribution in [0.3, 0.4) is 0 Å². The van der Waals surface area contributed by atoms with E-state index in [1.54, 1.807) is 41.2 Å². The molecule has 178 valence electrons. The van der Waals surface area contributed by atoms with Gasteiger partial charge in [0.05, 0.1) is 10.6 Å². The molecule has 1 amide bonds. The molecule has 36 heavy (non-hydrogen) atoms. The van der Waals surface area contributed by atoms with Gasteiger partial charge in [0.15, 0.2) is 10.9 Å². The number of aromatic nitrogens is 3. The van der Waals surface area contributed by atoms with Crippen LogP contribution in [0, 0.1) is 17.0 Å². The Hall–Kier alpha value is -4.90. The van der Waals surface area contributed by atoms with Gasteiger partial charge in [-0.3, -0.25) is 20.2 Å². The predicted molar refractivity (Wildman–Crippen MR) is 138 cm³/mol. The van der Waals surface area contributed by atoms with E-state index in [4.69, 9.17) is 16.6 Å². The highest BCUT2D eigenvalue weighted by Crippen LogP contribution is 2.26. The van der Waals surface area contributed by atoms with Gasteiger partial charge in [-0.05, 0) is 61.6 Å². The number of benzene rings is 3. The molecule has 0 radical (unpaired) electrons. The van der Waals surface area contributed by atoms with Crippen LogP contribution in [0.2, 0.25) is 0 Å². The van der Waals surface area contributed by atoms with Crippen molar-refractivity contribution >= 4 is 45.6 Å². The number of non-ortho nitro benzene ring substituents is 1. The van der Waals surface area contributed by atoms with Gasteiger partial charge in [-0.15, -0.1) is 10.2 Å². The number of nitro groups is 1. The number of furan rings is 1. The molecule has 0 spiro atoms. The number of amides is 1. The number of nitro benzene ring substituents is 1.